The lowest BCUT2D eigenvalue weighted by atomic mass is 9.98. The predicted octanol–water partition coefficient (Wildman–Crippen LogP) is 5.67. The molecule has 0 aromatic heterocycles. The maximum atomic E-state index is 12.2. The number of benzene rings is 1. The maximum Gasteiger partial charge on any atom is 0.191 e. The number of rotatable bonds is 15. The van der Waals surface area contributed by atoms with Crippen LogP contribution in [0.3, 0.4) is 0 Å². The van der Waals surface area contributed by atoms with Gasteiger partial charge in [-0.05, 0) is 24.8 Å². The van der Waals surface area contributed by atoms with E-state index in [0.717, 1.165) is 12.8 Å². The molecule has 0 fully saturated rings. The van der Waals surface area contributed by atoms with E-state index in [1.165, 1.54) is 56.9 Å². The second kappa shape index (κ2) is 13.7. The molecule has 0 saturated heterocycles. The fraction of sp³-hybridized carbons (Fsp3) is 0.652. The van der Waals surface area contributed by atoms with Crippen LogP contribution in [0.15, 0.2) is 24.3 Å². The molecule has 1 aromatic carbocycles. The summed E-state index contributed by atoms with van der Waals surface area (Å²) < 4.78 is 0. The first-order valence-electron chi connectivity index (χ1n) is 10.4. The van der Waals surface area contributed by atoms with E-state index >= 15 is 0 Å². The van der Waals surface area contributed by atoms with Crippen LogP contribution in [-0.4, -0.2) is 22.8 Å². The number of hydrogen-bond acceptors (Lipinski definition) is 3. The molecule has 0 radical (unpaired) electrons. The number of aryl methyl sites for hydroxylation is 1. The van der Waals surface area contributed by atoms with Gasteiger partial charge in [0.25, 0.3) is 0 Å². The van der Waals surface area contributed by atoms with Crippen LogP contribution in [0.2, 0.25) is 0 Å². The minimum absolute atomic E-state index is 0.0559. The van der Waals surface area contributed by atoms with Gasteiger partial charge < -0.3 is 5.11 Å². The molecule has 1 N–H and O–H groups in total. The van der Waals surface area contributed by atoms with Gasteiger partial charge in [-0.3, -0.25) is 9.59 Å². The van der Waals surface area contributed by atoms with E-state index < -0.39 is 6.10 Å². The molecule has 0 spiro atoms. The van der Waals surface area contributed by atoms with Crippen molar-refractivity contribution >= 4 is 11.6 Å². The first kappa shape index (κ1) is 22.6. The lowest BCUT2D eigenvalue weighted by Crippen LogP contribution is -2.23. The molecule has 0 aliphatic heterocycles. The van der Waals surface area contributed by atoms with Crippen molar-refractivity contribution in [2.24, 2.45) is 0 Å². The normalized spacial score (nSPS) is 12.1. The highest BCUT2D eigenvalue weighted by molar-refractivity contribution is 6.01. The summed E-state index contributed by atoms with van der Waals surface area (Å²) in [6, 6.07) is 7.48. The number of hydrogen-bond donors (Lipinski definition) is 1. The average molecular weight is 361 g/mol. The lowest BCUT2D eigenvalue weighted by molar-refractivity contribution is -0.120. The third kappa shape index (κ3) is 9.28. The minimum Gasteiger partial charge on any atom is -0.384 e. The smallest absolute Gasteiger partial charge is 0.191 e. The Labute approximate surface area is 159 Å². The number of aliphatic hydroxyl groups is 1. The molecule has 0 aliphatic rings. The van der Waals surface area contributed by atoms with Gasteiger partial charge >= 0.3 is 0 Å². The van der Waals surface area contributed by atoms with Crippen molar-refractivity contribution < 1.29 is 14.7 Å². The highest BCUT2D eigenvalue weighted by Gasteiger charge is 2.19. The monoisotopic (exact) mass is 360 g/mol. The van der Waals surface area contributed by atoms with E-state index in [1.807, 2.05) is 19.1 Å². The molecular weight excluding hydrogens is 324 g/mol. The van der Waals surface area contributed by atoms with E-state index in [0.29, 0.717) is 12.0 Å². The van der Waals surface area contributed by atoms with E-state index in [9.17, 15) is 14.7 Å². The third-order valence-electron chi connectivity index (χ3n) is 4.81. The maximum absolute atomic E-state index is 12.2. The van der Waals surface area contributed by atoms with Crippen LogP contribution in [-0.2, 0) is 11.2 Å². The van der Waals surface area contributed by atoms with Gasteiger partial charge in [-0.25, -0.2) is 0 Å². The summed E-state index contributed by atoms with van der Waals surface area (Å²) in [5, 5.41) is 9.94. The van der Waals surface area contributed by atoms with E-state index in [2.05, 4.69) is 6.92 Å². The highest BCUT2D eigenvalue weighted by atomic mass is 16.3. The molecule has 0 saturated carbocycles. The predicted molar refractivity (Wildman–Crippen MR) is 108 cm³/mol. The largest absolute Gasteiger partial charge is 0.384 e. The summed E-state index contributed by atoms with van der Waals surface area (Å²) >= 11 is 0. The van der Waals surface area contributed by atoms with E-state index in [1.54, 1.807) is 12.1 Å². The van der Waals surface area contributed by atoms with Gasteiger partial charge in [-0.2, -0.15) is 0 Å². The van der Waals surface area contributed by atoms with Crippen LogP contribution in [0.4, 0.5) is 0 Å². The van der Waals surface area contributed by atoms with Crippen LogP contribution >= 0.6 is 0 Å². The van der Waals surface area contributed by atoms with Crippen LogP contribution in [0.5, 0.6) is 0 Å². The summed E-state index contributed by atoms with van der Waals surface area (Å²) in [7, 11) is 0. The van der Waals surface area contributed by atoms with Gasteiger partial charge in [-0.15, -0.1) is 0 Å². The van der Waals surface area contributed by atoms with Crippen molar-refractivity contribution in [3.05, 3.63) is 35.4 Å². The van der Waals surface area contributed by atoms with E-state index in [4.69, 9.17) is 0 Å². The third-order valence-corrected chi connectivity index (χ3v) is 4.81. The quantitative estimate of drug-likeness (QED) is 0.324. The van der Waals surface area contributed by atoms with Crippen molar-refractivity contribution in [3.8, 4) is 0 Å². The molecule has 1 atom stereocenters. The number of carbonyl (C=O) groups excluding carboxylic acids is 2. The first-order valence-corrected chi connectivity index (χ1v) is 10.4. The van der Waals surface area contributed by atoms with Crippen LogP contribution in [0.25, 0.3) is 0 Å². The Kier molecular flexibility index (Phi) is 11.9. The zero-order valence-electron chi connectivity index (χ0n) is 16.6. The topological polar surface area (TPSA) is 54.4 Å². The fourth-order valence-electron chi connectivity index (χ4n) is 3.18. The molecular formula is C23H36O3. The molecule has 3 heteroatoms. The molecule has 3 nitrogen and oxygen atoms in total. The molecule has 146 valence electrons. The van der Waals surface area contributed by atoms with E-state index in [-0.39, 0.29) is 18.0 Å². The number of aliphatic hydroxyl groups excluding tert-OH is 1. The zero-order chi connectivity index (χ0) is 19.2. The zero-order valence-corrected chi connectivity index (χ0v) is 16.6. The average Bonchev–Trinajstić information content (AvgIpc) is 2.64. The van der Waals surface area contributed by atoms with Gasteiger partial charge in [0.2, 0.25) is 0 Å². The minimum atomic E-state index is -1.22. The number of carbonyl (C=O) groups is 2. The summed E-state index contributed by atoms with van der Waals surface area (Å²) in [4.78, 5) is 23.8. The number of unbranched alkanes of at least 4 members (excludes halogenated alkanes) is 7. The van der Waals surface area contributed by atoms with Gasteiger partial charge in [0.1, 0.15) is 11.9 Å². The van der Waals surface area contributed by atoms with Crippen molar-refractivity contribution in [1.82, 2.24) is 0 Å². The highest BCUT2D eigenvalue weighted by Crippen LogP contribution is 2.14. The molecule has 0 aliphatic carbocycles. The second-order valence-electron chi connectivity index (χ2n) is 7.29. The number of Topliss-reactive ketones (excluding diaryl/α,β-unsaturated/α-hetero) is 2. The molecule has 0 bridgehead atoms. The fourth-order valence-corrected chi connectivity index (χ4v) is 3.18. The first-order chi connectivity index (χ1) is 12.6. The Hall–Kier alpha value is -1.48. The summed E-state index contributed by atoms with van der Waals surface area (Å²) in [6.45, 7) is 4.16. The molecule has 26 heavy (non-hydrogen) atoms. The second-order valence-corrected chi connectivity index (χ2v) is 7.29. The summed E-state index contributed by atoms with van der Waals surface area (Å²) in [6.07, 6.45) is 11.3. The van der Waals surface area contributed by atoms with Crippen molar-refractivity contribution in [2.75, 3.05) is 0 Å². The molecule has 1 unspecified atom stereocenters. The summed E-state index contributed by atoms with van der Waals surface area (Å²) in [5.41, 5.74) is 1.71. The van der Waals surface area contributed by atoms with Gasteiger partial charge in [-0.1, -0.05) is 83.1 Å². The lowest BCUT2D eigenvalue weighted by Gasteiger charge is -2.09. The SMILES string of the molecule is CCCCCCCCCCc1ccc(C(=O)C(O)CC(=O)CCC)cc1. The van der Waals surface area contributed by atoms with Crippen molar-refractivity contribution in [2.45, 2.75) is 97.0 Å². The molecule has 1 aromatic rings. The Bertz CT molecular complexity index is 519. The standard InChI is InChI=1S/C23H36O3/c1-3-5-6-7-8-9-10-11-13-19-14-16-20(17-15-19)23(26)22(25)18-21(24)12-4-2/h14-17,22,25H,3-13,18H2,1-2H3. The Morgan fingerprint density at radius 3 is 2.00 bits per heavy atom. The number of ketones is 2. The van der Waals surface area contributed by atoms with Crippen LogP contribution in [0, 0.1) is 0 Å². The van der Waals surface area contributed by atoms with Gasteiger partial charge in [0.15, 0.2) is 5.78 Å². The van der Waals surface area contributed by atoms with Crippen LogP contribution in [0.1, 0.15) is 100 Å². The van der Waals surface area contributed by atoms with Gasteiger partial charge in [0.05, 0.1) is 0 Å². The summed E-state index contributed by atoms with van der Waals surface area (Å²) in [5.74, 6) is -0.409. The van der Waals surface area contributed by atoms with Crippen molar-refractivity contribution in [1.29, 1.82) is 0 Å². The molecule has 1 rings (SSSR count). The Morgan fingerprint density at radius 2 is 1.42 bits per heavy atom. The Balaban J connectivity index is 2.29. The molecule has 0 amide bonds. The van der Waals surface area contributed by atoms with Crippen molar-refractivity contribution in [3.63, 3.8) is 0 Å². The Morgan fingerprint density at radius 1 is 0.846 bits per heavy atom. The van der Waals surface area contributed by atoms with Crippen LogP contribution < -0.4 is 0 Å². The molecule has 0 heterocycles. The van der Waals surface area contributed by atoms with Gasteiger partial charge in [0, 0.05) is 18.4 Å².